The van der Waals surface area contributed by atoms with Crippen molar-refractivity contribution in [1.82, 2.24) is 19.6 Å². The van der Waals surface area contributed by atoms with Crippen LogP contribution >= 0.6 is 26.8 Å². The highest BCUT2D eigenvalue weighted by atomic mass is 35.5. The number of ether oxygens (including phenoxy) is 1. The quantitative estimate of drug-likeness (QED) is 0.299. The SMILES string of the molecule is CC(C)(C)[C@@H]1CCCN1c1nc(Cl)nn2c(C3OC(COP(=O)(O)CP(=O)(O)O)C(O)C3O)cnc12. The monoisotopic (exact) mass is 569 g/mol. The number of aliphatic hydroxyl groups is 2. The van der Waals surface area contributed by atoms with E-state index in [4.69, 9.17) is 30.6 Å². The topological polar surface area (TPSA) is 200 Å². The number of nitrogens with zero attached hydrogens (tertiary/aromatic N) is 5. The second kappa shape index (κ2) is 9.85. The Kier molecular flexibility index (Phi) is 7.62. The van der Waals surface area contributed by atoms with Crippen molar-refractivity contribution in [1.29, 1.82) is 0 Å². The van der Waals surface area contributed by atoms with Crippen molar-refractivity contribution >= 4 is 38.3 Å². The molecular weight excluding hydrogens is 540 g/mol. The van der Waals surface area contributed by atoms with Crippen LogP contribution in [0.3, 0.4) is 0 Å². The molecule has 202 valence electrons. The lowest BCUT2D eigenvalue weighted by Crippen LogP contribution is -2.40. The van der Waals surface area contributed by atoms with Crippen LogP contribution in [0.2, 0.25) is 5.28 Å². The number of hydrogen-bond acceptors (Lipinski definition) is 10. The van der Waals surface area contributed by atoms with Gasteiger partial charge >= 0.3 is 15.2 Å². The van der Waals surface area contributed by atoms with E-state index in [0.717, 1.165) is 19.4 Å². The van der Waals surface area contributed by atoms with Gasteiger partial charge in [-0.2, -0.15) is 4.98 Å². The summed E-state index contributed by atoms with van der Waals surface area (Å²) in [6.07, 6.45) is -2.08. The van der Waals surface area contributed by atoms with E-state index in [0.29, 0.717) is 11.5 Å². The van der Waals surface area contributed by atoms with Gasteiger partial charge in [-0.3, -0.25) is 9.13 Å². The van der Waals surface area contributed by atoms with E-state index in [1.165, 1.54) is 10.7 Å². The molecule has 4 heterocycles. The summed E-state index contributed by atoms with van der Waals surface area (Å²) in [4.78, 5) is 38.6. The van der Waals surface area contributed by atoms with Crippen LogP contribution in [0.25, 0.3) is 5.65 Å². The van der Waals surface area contributed by atoms with Crippen LogP contribution in [0.4, 0.5) is 5.82 Å². The Hall–Kier alpha value is -1.18. The van der Waals surface area contributed by atoms with Gasteiger partial charge < -0.3 is 39.1 Å². The molecule has 14 nitrogen and oxygen atoms in total. The van der Waals surface area contributed by atoms with Crippen LogP contribution in [-0.4, -0.2) is 87.9 Å². The van der Waals surface area contributed by atoms with Gasteiger partial charge in [-0.15, -0.1) is 5.10 Å². The number of halogens is 1. The van der Waals surface area contributed by atoms with Crippen molar-refractivity contribution < 1.29 is 43.3 Å². The molecule has 0 radical (unpaired) electrons. The van der Waals surface area contributed by atoms with Crippen molar-refractivity contribution in [2.75, 3.05) is 24.0 Å². The summed E-state index contributed by atoms with van der Waals surface area (Å²) < 4.78 is 34.8. The number of anilines is 1. The summed E-state index contributed by atoms with van der Waals surface area (Å²) in [6, 6.07) is 0.186. The second-order valence-electron chi connectivity index (χ2n) is 10.2. The Balaban J connectivity index is 1.60. The van der Waals surface area contributed by atoms with Crippen LogP contribution in [0.15, 0.2) is 6.20 Å². The fourth-order valence-electron chi connectivity index (χ4n) is 4.76. The molecule has 5 N–H and O–H groups in total. The number of hydrogen-bond donors (Lipinski definition) is 5. The maximum Gasteiger partial charge on any atom is 0.340 e. The van der Waals surface area contributed by atoms with Gasteiger partial charge in [0.25, 0.3) is 0 Å². The predicted molar refractivity (Wildman–Crippen MR) is 128 cm³/mol. The average molecular weight is 570 g/mol. The molecule has 0 bridgehead atoms. The number of imidazole rings is 1. The Morgan fingerprint density at radius 1 is 1.22 bits per heavy atom. The zero-order valence-corrected chi connectivity index (χ0v) is 22.4. The van der Waals surface area contributed by atoms with E-state index in [-0.39, 0.29) is 22.4 Å². The lowest BCUT2D eigenvalue weighted by atomic mass is 9.85. The molecule has 0 aliphatic carbocycles. The van der Waals surface area contributed by atoms with Crippen LogP contribution < -0.4 is 4.90 Å². The van der Waals surface area contributed by atoms with Crippen LogP contribution in [0.1, 0.15) is 45.4 Å². The molecule has 2 aromatic heterocycles. The summed E-state index contributed by atoms with van der Waals surface area (Å²) in [5.41, 5.74) is 0.615. The van der Waals surface area contributed by atoms with Gasteiger partial charge in [-0.1, -0.05) is 20.8 Å². The second-order valence-corrected chi connectivity index (χ2v) is 14.5. The van der Waals surface area contributed by atoms with Crippen molar-refractivity contribution in [3.8, 4) is 0 Å². The van der Waals surface area contributed by atoms with E-state index in [1.807, 2.05) is 0 Å². The molecule has 4 rings (SSSR count). The molecule has 36 heavy (non-hydrogen) atoms. The summed E-state index contributed by atoms with van der Waals surface area (Å²) >= 11 is 6.25. The van der Waals surface area contributed by atoms with Crippen molar-refractivity contribution in [2.45, 2.75) is 64.1 Å². The summed E-state index contributed by atoms with van der Waals surface area (Å²) in [6.45, 7) is 6.49. The highest BCUT2D eigenvalue weighted by Crippen LogP contribution is 2.55. The van der Waals surface area contributed by atoms with Gasteiger partial charge in [0.1, 0.15) is 24.4 Å². The van der Waals surface area contributed by atoms with Gasteiger partial charge in [0.05, 0.1) is 18.5 Å². The van der Waals surface area contributed by atoms with Crippen molar-refractivity contribution in [3.05, 3.63) is 17.2 Å². The minimum Gasteiger partial charge on any atom is -0.387 e. The molecule has 17 heteroatoms. The fourth-order valence-corrected chi connectivity index (χ4v) is 7.49. The highest BCUT2D eigenvalue weighted by molar-refractivity contribution is 7.70. The third-order valence-corrected chi connectivity index (χ3v) is 9.94. The first kappa shape index (κ1) is 27.8. The summed E-state index contributed by atoms with van der Waals surface area (Å²) in [5, 5.41) is 25.3. The maximum absolute atomic E-state index is 11.9. The largest absolute Gasteiger partial charge is 0.387 e. The lowest BCUT2D eigenvalue weighted by Gasteiger charge is -2.35. The van der Waals surface area contributed by atoms with Crippen molar-refractivity contribution in [2.24, 2.45) is 5.41 Å². The van der Waals surface area contributed by atoms with E-state index in [2.05, 4.69) is 40.7 Å². The zero-order chi connectivity index (χ0) is 26.6. The minimum atomic E-state index is -4.82. The van der Waals surface area contributed by atoms with Gasteiger partial charge in [0.2, 0.25) is 5.28 Å². The van der Waals surface area contributed by atoms with Gasteiger partial charge in [-0.25, -0.2) is 9.50 Å². The zero-order valence-electron chi connectivity index (χ0n) is 19.9. The van der Waals surface area contributed by atoms with Crippen LogP contribution in [0, 0.1) is 5.41 Å². The number of aliphatic hydroxyl groups excluding tert-OH is 2. The standard InChI is InChI=1S/C19H30ClN5O9P2/c1-19(2,3)12-5-4-6-24(12)17-16-21-7-10(25(16)23-18(20)22-17)15-14(27)13(26)11(34-15)8-33-36(31,32)9-35(28,29)30/h7,11-15,26-27H,4-6,8-9H2,1-3H3,(H,31,32)(H2,28,29,30)/t11?,12-,13?,14?,15?/m0/s1. The minimum absolute atomic E-state index is 0.0334. The summed E-state index contributed by atoms with van der Waals surface area (Å²) in [7, 11) is -9.50. The number of fused-ring (bicyclic) bond motifs is 1. The normalized spacial score (nSPS) is 29.2. The Labute approximate surface area is 211 Å². The molecule has 0 saturated carbocycles. The molecule has 0 amide bonds. The third-order valence-electron chi connectivity index (χ3n) is 6.33. The molecule has 6 atom stereocenters. The smallest absolute Gasteiger partial charge is 0.340 e. The molecule has 2 fully saturated rings. The number of rotatable bonds is 7. The Morgan fingerprint density at radius 2 is 1.92 bits per heavy atom. The third kappa shape index (κ3) is 5.78. The first-order chi connectivity index (χ1) is 16.6. The van der Waals surface area contributed by atoms with E-state index in [9.17, 15) is 24.2 Å². The van der Waals surface area contributed by atoms with Gasteiger partial charge in [0.15, 0.2) is 17.4 Å². The molecular formula is C19H30ClN5O9P2. The van der Waals surface area contributed by atoms with Crippen LogP contribution in [0.5, 0.6) is 0 Å². The van der Waals surface area contributed by atoms with Gasteiger partial charge in [0, 0.05) is 12.6 Å². The van der Waals surface area contributed by atoms with E-state index < -0.39 is 52.1 Å². The van der Waals surface area contributed by atoms with Crippen LogP contribution in [-0.2, 0) is 18.4 Å². The predicted octanol–water partition coefficient (Wildman–Crippen LogP) is 1.29. The molecule has 2 aromatic rings. The molecule has 2 aliphatic heterocycles. The molecule has 2 saturated heterocycles. The number of aromatic nitrogens is 4. The fraction of sp³-hybridized carbons (Fsp3) is 0.737. The van der Waals surface area contributed by atoms with E-state index >= 15 is 0 Å². The molecule has 0 aromatic carbocycles. The molecule has 5 unspecified atom stereocenters. The molecule has 2 aliphatic rings. The Bertz CT molecular complexity index is 1220. The van der Waals surface area contributed by atoms with Gasteiger partial charge in [-0.05, 0) is 29.9 Å². The molecule has 0 spiro atoms. The Morgan fingerprint density at radius 3 is 2.56 bits per heavy atom. The first-order valence-electron chi connectivity index (χ1n) is 11.3. The summed E-state index contributed by atoms with van der Waals surface area (Å²) in [5.74, 6) is -0.850. The average Bonchev–Trinajstić information content (AvgIpc) is 3.43. The maximum atomic E-state index is 11.9. The lowest BCUT2D eigenvalue weighted by molar-refractivity contribution is -0.0204. The highest BCUT2D eigenvalue weighted by Gasteiger charge is 2.46. The van der Waals surface area contributed by atoms with Crippen molar-refractivity contribution in [3.63, 3.8) is 0 Å². The first-order valence-corrected chi connectivity index (χ1v) is 15.2. The van der Waals surface area contributed by atoms with E-state index in [1.54, 1.807) is 0 Å².